The molecule has 1 amide bonds. The van der Waals surface area contributed by atoms with Crippen molar-refractivity contribution in [1.82, 2.24) is 10.2 Å². The number of carboxylic acids is 1. The molecule has 48 heavy (non-hydrogen) atoms. The molecule has 2 unspecified atom stereocenters. The highest BCUT2D eigenvalue weighted by molar-refractivity contribution is 6.30. The first kappa shape index (κ1) is 37.2. The Balaban J connectivity index is 0.000000365. The Morgan fingerprint density at radius 2 is 1.65 bits per heavy atom. The molecule has 1 aliphatic heterocycles. The van der Waals surface area contributed by atoms with Crippen LogP contribution in [0.5, 0.6) is 11.5 Å². The van der Waals surface area contributed by atoms with Crippen LogP contribution in [0, 0.1) is 5.92 Å². The molecule has 2 N–H and O–H groups in total. The van der Waals surface area contributed by atoms with E-state index in [4.69, 9.17) is 26.2 Å². The summed E-state index contributed by atoms with van der Waals surface area (Å²) in [6.45, 7) is 9.27. The average molecular weight is 678 g/mol. The smallest absolute Gasteiger partial charge is 0.306 e. The van der Waals surface area contributed by atoms with Crippen LogP contribution in [0.2, 0.25) is 5.02 Å². The molecule has 9 heteroatoms. The molecule has 1 heterocycles. The van der Waals surface area contributed by atoms with Gasteiger partial charge in [0, 0.05) is 22.8 Å². The fraction of sp³-hybridized carbons (Fsp3) is 0.487. The average Bonchev–Trinajstić information content (AvgIpc) is 3.08. The highest BCUT2D eigenvalue weighted by Gasteiger charge is 2.36. The standard InChI is InChI=1S/C30H35ClN2O3.C9H17NO2/c1-6-19(3)36-28-18-26-23(16-27(28)35-5)17-29(34)33(30(26)22-8-12-24(31)13-9-22)25-14-10-21(11-15-25)20(4)32-7-2;1-10(2)8-5-3-7(4-6-8)9(11)12/h8-16,18-20,30,32H,6-7,17H2,1-5H3;7-8H,3-6H2,1-2H3,(H,11,12)/t19-,20?,30?;/m1./s1. The van der Waals surface area contributed by atoms with Gasteiger partial charge in [0.05, 0.1) is 31.6 Å². The van der Waals surface area contributed by atoms with Crippen LogP contribution in [0.15, 0.2) is 60.7 Å². The molecular formula is C39H52ClN3O5. The van der Waals surface area contributed by atoms with Crippen LogP contribution in [-0.2, 0) is 16.0 Å². The highest BCUT2D eigenvalue weighted by Crippen LogP contribution is 2.44. The van der Waals surface area contributed by atoms with Gasteiger partial charge in [-0.1, -0.05) is 49.7 Å². The minimum atomic E-state index is -0.618. The molecule has 0 bridgehead atoms. The molecule has 1 aliphatic carbocycles. The topological polar surface area (TPSA) is 91.3 Å². The predicted molar refractivity (Wildman–Crippen MR) is 193 cm³/mol. The molecule has 260 valence electrons. The van der Waals surface area contributed by atoms with E-state index < -0.39 is 5.97 Å². The number of nitrogens with one attached hydrogen (secondary N) is 1. The minimum Gasteiger partial charge on any atom is -0.493 e. The lowest BCUT2D eigenvalue weighted by molar-refractivity contribution is -0.143. The lowest BCUT2D eigenvalue weighted by atomic mass is 9.86. The molecule has 8 nitrogen and oxygen atoms in total. The Bertz CT molecular complexity index is 1500. The maximum atomic E-state index is 13.7. The lowest BCUT2D eigenvalue weighted by Gasteiger charge is -2.38. The third-order valence-corrected chi connectivity index (χ3v) is 9.89. The number of benzene rings is 3. The van der Waals surface area contributed by atoms with Crippen LogP contribution >= 0.6 is 11.6 Å². The van der Waals surface area contributed by atoms with Crippen molar-refractivity contribution in [3.05, 3.63) is 87.9 Å². The monoisotopic (exact) mass is 677 g/mol. The largest absolute Gasteiger partial charge is 0.493 e. The quantitative estimate of drug-likeness (QED) is 0.212. The van der Waals surface area contributed by atoms with Crippen molar-refractivity contribution < 1.29 is 24.2 Å². The van der Waals surface area contributed by atoms with E-state index in [0.29, 0.717) is 22.6 Å². The van der Waals surface area contributed by atoms with Crippen LogP contribution in [0.3, 0.4) is 0 Å². The molecule has 5 rings (SSSR count). The number of carbonyl (C=O) groups is 2. The van der Waals surface area contributed by atoms with Gasteiger partial charge in [0.15, 0.2) is 11.5 Å². The summed E-state index contributed by atoms with van der Waals surface area (Å²) in [6.07, 6.45) is 4.96. The van der Waals surface area contributed by atoms with Crippen LogP contribution in [0.25, 0.3) is 0 Å². The number of aliphatic carboxylic acids is 1. The molecule has 0 spiro atoms. The van der Waals surface area contributed by atoms with Crippen LogP contribution < -0.4 is 19.7 Å². The number of hydrogen-bond donors (Lipinski definition) is 2. The zero-order chi connectivity index (χ0) is 35.0. The third kappa shape index (κ3) is 9.10. The van der Waals surface area contributed by atoms with E-state index in [2.05, 4.69) is 57.2 Å². The van der Waals surface area contributed by atoms with E-state index in [0.717, 1.165) is 61.0 Å². The molecule has 0 saturated heterocycles. The van der Waals surface area contributed by atoms with E-state index in [1.807, 2.05) is 60.4 Å². The number of methoxy groups -OCH3 is 1. The highest BCUT2D eigenvalue weighted by atomic mass is 35.5. The van der Waals surface area contributed by atoms with Gasteiger partial charge in [-0.2, -0.15) is 0 Å². The molecule has 1 fully saturated rings. The summed E-state index contributed by atoms with van der Waals surface area (Å²) in [7, 11) is 5.76. The van der Waals surface area contributed by atoms with E-state index >= 15 is 0 Å². The van der Waals surface area contributed by atoms with Crippen LogP contribution in [-0.4, -0.2) is 61.8 Å². The second-order valence-electron chi connectivity index (χ2n) is 13.1. The van der Waals surface area contributed by atoms with Gasteiger partial charge in [-0.25, -0.2) is 0 Å². The number of anilines is 1. The summed E-state index contributed by atoms with van der Waals surface area (Å²) in [6, 6.07) is 20.5. The molecule has 0 aromatic heterocycles. The number of carboxylic acid groups (broad SMARTS) is 1. The second-order valence-corrected chi connectivity index (χ2v) is 13.5. The Labute approximate surface area is 291 Å². The van der Waals surface area contributed by atoms with Crippen molar-refractivity contribution in [1.29, 1.82) is 0 Å². The Morgan fingerprint density at radius 3 is 2.19 bits per heavy atom. The van der Waals surface area contributed by atoms with Gasteiger partial charge in [0.1, 0.15) is 0 Å². The molecule has 0 radical (unpaired) electrons. The summed E-state index contributed by atoms with van der Waals surface area (Å²) >= 11 is 6.22. The molecule has 3 atom stereocenters. The summed E-state index contributed by atoms with van der Waals surface area (Å²) in [4.78, 5) is 28.4. The maximum absolute atomic E-state index is 13.7. The first-order valence-corrected chi connectivity index (χ1v) is 17.5. The first-order valence-electron chi connectivity index (χ1n) is 17.1. The summed E-state index contributed by atoms with van der Waals surface area (Å²) in [5.74, 6) is 0.668. The summed E-state index contributed by atoms with van der Waals surface area (Å²) in [5, 5.41) is 12.8. The second kappa shape index (κ2) is 17.2. The Kier molecular flexibility index (Phi) is 13.3. The molecule has 2 aliphatic rings. The predicted octanol–water partition coefficient (Wildman–Crippen LogP) is 8.07. The number of carbonyl (C=O) groups excluding carboxylic acids is 1. The maximum Gasteiger partial charge on any atom is 0.306 e. The van der Waals surface area contributed by atoms with Gasteiger partial charge in [-0.15, -0.1) is 0 Å². The van der Waals surface area contributed by atoms with Crippen molar-refractivity contribution >= 4 is 29.2 Å². The summed E-state index contributed by atoms with van der Waals surface area (Å²) < 4.78 is 11.9. The van der Waals surface area contributed by atoms with Crippen LogP contribution in [0.4, 0.5) is 5.69 Å². The van der Waals surface area contributed by atoms with Crippen molar-refractivity contribution in [3.63, 3.8) is 0 Å². The number of nitrogens with zero attached hydrogens (tertiary/aromatic N) is 2. The number of amides is 1. The molecule has 3 aromatic rings. The zero-order valence-corrected chi connectivity index (χ0v) is 30.2. The van der Waals surface area contributed by atoms with Gasteiger partial charge in [-0.3, -0.25) is 9.59 Å². The normalized spacial score (nSPS) is 20.3. The van der Waals surface area contributed by atoms with E-state index in [1.165, 1.54) is 5.56 Å². The molecule has 1 saturated carbocycles. The van der Waals surface area contributed by atoms with E-state index in [-0.39, 0.29) is 36.4 Å². The fourth-order valence-electron chi connectivity index (χ4n) is 6.56. The number of ether oxygens (including phenoxy) is 2. The number of rotatable bonds is 11. The minimum absolute atomic E-state index is 0.0348. The SMILES string of the molecule is CCNC(C)c1ccc(N2C(=O)Cc3cc(OC)c(O[C@H](C)CC)cc3C2c2ccc(Cl)cc2)cc1.CN(C)C1CCC(C(=O)O)CC1. The number of fused-ring (bicyclic) bond motifs is 1. The van der Waals surface area contributed by atoms with Crippen molar-refractivity contribution in [3.8, 4) is 11.5 Å². The van der Waals surface area contributed by atoms with Crippen molar-refractivity contribution in [2.45, 2.75) is 90.4 Å². The van der Waals surface area contributed by atoms with Gasteiger partial charge in [0.25, 0.3) is 0 Å². The fourth-order valence-corrected chi connectivity index (χ4v) is 6.69. The van der Waals surface area contributed by atoms with E-state index in [1.54, 1.807) is 7.11 Å². The van der Waals surface area contributed by atoms with Crippen molar-refractivity contribution in [2.75, 3.05) is 32.6 Å². The first-order chi connectivity index (χ1) is 23.0. The lowest BCUT2D eigenvalue weighted by Crippen LogP contribution is -2.41. The van der Waals surface area contributed by atoms with Gasteiger partial charge in [0.2, 0.25) is 5.91 Å². The van der Waals surface area contributed by atoms with Gasteiger partial charge in [-0.05, 0) is 125 Å². The van der Waals surface area contributed by atoms with Gasteiger partial charge >= 0.3 is 5.97 Å². The number of halogens is 1. The van der Waals surface area contributed by atoms with Gasteiger partial charge < -0.3 is 29.7 Å². The van der Waals surface area contributed by atoms with Crippen molar-refractivity contribution in [2.24, 2.45) is 5.92 Å². The molecule has 3 aromatic carbocycles. The van der Waals surface area contributed by atoms with Crippen LogP contribution in [0.1, 0.15) is 94.1 Å². The Hall–Kier alpha value is -3.59. The van der Waals surface area contributed by atoms with E-state index in [9.17, 15) is 9.59 Å². The molecular weight excluding hydrogens is 626 g/mol. The zero-order valence-electron chi connectivity index (χ0n) is 29.5. The summed E-state index contributed by atoms with van der Waals surface area (Å²) in [5.41, 5.74) is 5.00. The Morgan fingerprint density at radius 1 is 1.00 bits per heavy atom. The number of hydrogen-bond acceptors (Lipinski definition) is 6. The third-order valence-electron chi connectivity index (χ3n) is 9.64.